The van der Waals surface area contributed by atoms with Gasteiger partial charge in [0.25, 0.3) is 5.91 Å². The highest BCUT2D eigenvalue weighted by molar-refractivity contribution is 9.10. The number of aliphatic hydroxyl groups is 1. The van der Waals surface area contributed by atoms with Crippen LogP contribution in [0.15, 0.2) is 28.7 Å². The lowest BCUT2D eigenvalue weighted by molar-refractivity contribution is 0.0920. The molecule has 0 aliphatic heterocycles. The van der Waals surface area contributed by atoms with Gasteiger partial charge in [-0.3, -0.25) is 4.79 Å². The minimum absolute atomic E-state index is 0.0886. The second-order valence-electron chi connectivity index (χ2n) is 5.34. The van der Waals surface area contributed by atoms with Gasteiger partial charge in [-0.15, -0.1) is 0 Å². The maximum atomic E-state index is 12.3. The molecule has 2 aromatic rings. The number of aromatic nitrogens is 1. The van der Waals surface area contributed by atoms with Crippen LogP contribution in [0.4, 0.5) is 0 Å². The highest BCUT2D eigenvalue weighted by Gasteiger charge is 2.32. The molecular weight excluding hydrogens is 320 g/mol. The summed E-state index contributed by atoms with van der Waals surface area (Å²) >= 11 is 3.42. The zero-order chi connectivity index (χ0) is 14.1. The number of nitrogens with one attached hydrogen (secondary N) is 2. The average molecular weight is 337 g/mol. The highest BCUT2D eigenvalue weighted by atomic mass is 79.9. The lowest BCUT2D eigenvalue weighted by Gasteiger charge is -2.16. The smallest absolute Gasteiger partial charge is 0.267 e. The van der Waals surface area contributed by atoms with Gasteiger partial charge in [-0.1, -0.05) is 15.9 Å². The first-order chi connectivity index (χ1) is 9.67. The Bertz CT molecular complexity index is 634. The van der Waals surface area contributed by atoms with Crippen molar-refractivity contribution in [3.8, 4) is 0 Å². The zero-order valence-corrected chi connectivity index (χ0v) is 12.6. The Labute approximate surface area is 125 Å². The van der Waals surface area contributed by atoms with Crippen LogP contribution < -0.4 is 5.32 Å². The molecular formula is C15H17BrN2O2. The Balaban J connectivity index is 1.77. The Morgan fingerprint density at radius 2 is 2.25 bits per heavy atom. The predicted octanol–water partition coefficient (Wildman–Crippen LogP) is 2.82. The summed E-state index contributed by atoms with van der Waals surface area (Å²) in [4.78, 5) is 15.4. The molecule has 0 spiro atoms. The van der Waals surface area contributed by atoms with E-state index in [0.717, 1.165) is 28.2 Å². The van der Waals surface area contributed by atoms with E-state index in [0.29, 0.717) is 18.0 Å². The molecule has 1 saturated carbocycles. The average Bonchev–Trinajstić information content (AvgIpc) is 3.17. The monoisotopic (exact) mass is 336 g/mol. The van der Waals surface area contributed by atoms with Gasteiger partial charge >= 0.3 is 0 Å². The van der Waals surface area contributed by atoms with Gasteiger partial charge in [-0.05, 0) is 49.4 Å². The number of H-pyrrole nitrogens is 1. The molecule has 0 radical (unpaired) electrons. The normalized spacial score (nSPS) is 16.3. The summed E-state index contributed by atoms with van der Waals surface area (Å²) in [5, 5.41) is 13.1. The van der Waals surface area contributed by atoms with Gasteiger partial charge < -0.3 is 15.4 Å². The number of rotatable bonds is 5. The molecule has 3 N–H and O–H groups in total. The third kappa shape index (κ3) is 2.88. The van der Waals surface area contributed by atoms with Gasteiger partial charge in [0.2, 0.25) is 0 Å². The van der Waals surface area contributed by atoms with E-state index in [1.54, 1.807) is 0 Å². The van der Waals surface area contributed by atoms with E-state index in [9.17, 15) is 4.79 Å². The van der Waals surface area contributed by atoms with Crippen molar-refractivity contribution in [3.05, 3.63) is 34.4 Å². The fourth-order valence-electron chi connectivity index (χ4n) is 2.54. The third-order valence-electron chi connectivity index (χ3n) is 3.78. The van der Waals surface area contributed by atoms with Gasteiger partial charge in [0.05, 0.1) is 0 Å². The van der Waals surface area contributed by atoms with Crippen LogP contribution >= 0.6 is 15.9 Å². The van der Waals surface area contributed by atoms with Crippen LogP contribution in [0.2, 0.25) is 0 Å². The quantitative estimate of drug-likeness (QED) is 0.786. The molecule has 5 heteroatoms. The van der Waals surface area contributed by atoms with Crippen molar-refractivity contribution in [1.82, 2.24) is 10.3 Å². The van der Waals surface area contributed by atoms with Crippen molar-refractivity contribution in [2.24, 2.45) is 5.92 Å². The summed E-state index contributed by atoms with van der Waals surface area (Å²) in [7, 11) is 0. The SMILES string of the molecule is O=C(NC(CCO)C1CC1)c1cc2cc(Br)ccc2[nH]1. The maximum absolute atomic E-state index is 12.3. The van der Waals surface area contributed by atoms with Gasteiger partial charge in [-0.25, -0.2) is 0 Å². The van der Waals surface area contributed by atoms with E-state index in [2.05, 4.69) is 26.2 Å². The number of carbonyl (C=O) groups is 1. The van der Waals surface area contributed by atoms with Crippen LogP contribution in [0.25, 0.3) is 10.9 Å². The van der Waals surface area contributed by atoms with Crippen molar-refractivity contribution >= 4 is 32.7 Å². The highest BCUT2D eigenvalue weighted by Crippen LogP contribution is 2.34. The lowest BCUT2D eigenvalue weighted by Crippen LogP contribution is -2.37. The first-order valence-corrected chi connectivity index (χ1v) is 7.66. The fraction of sp³-hybridized carbons (Fsp3) is 0.400. The van der Waals surface area contributed by atoms with E-state index in [4.69, 9.17) is 5.11 Å². The van der Waals surface area contributed by atoms with Gasteiger partial charge in [0, 0.05) is 28.0 Å². The summed E-state index contributed by atoms with van der Waals surface area (Å²) in [5.74, 6) is 0.437. The number of halogens is 1. The zero-order valence-electron chi connectivity index (χ0n) is 11.0. The van der Waals surface area contributed by atoms with Crippen molar-refractivity contribution < 1.29 is 9.90 Å². The number of hydrogen-bond donors (Lipinski definition) is 3. The molecule has 1 unspecified atom stereocenters. The summed E-state index contributed by atoms with van der Waals surface area (Å²) < 4.78 is 0.993. The van der Waals surface area contributed by atoms with Gasteiger partial charge in [0.1, 0.15) is 5.69 Å². The molecule has 20 heavy (non-hydrogen) atoms. The Morgan fingerprint density at radius 1 is 1.45 bits per heavy atom. The summed E-state index contributed by atoms with van der Waals surface area (Å²) in [6.45, 7) is 0.112. The fourth-order valence-corrected chi connectivity index (χ4v) is 2.91. The number of benzene rings is 1. The van der Waals surface area contributed by atoms with Crippen LogP contribution in [0.5, 0.6) is 0 Å². The second kappa shape index (κ2) is 5.58. The molecule has 1 fully saturated rings. The number of hydrogen-bond acceptors (Lipinski definition) is 2. The standard InChI is InChI=1S/C15H17BrN2O2/c16-11-3-4-12-10(7-11)8-14(17-12)15(20)18-13(5-6-19)9-1-2-9/h3-4,7-9,13,17,19H,1-2,5-6H2,(H,18,20). The summed E-state index contributed by atoms with van der Waals surface area (Å²) in [6.07, 6.45) is 2.91. The first kappa shape index (κ1) is 13.6. The van der Waals surface area contributed by atoms with Crippen molar-refractivity contribution in [2.45, 2.75) is 25.3 Å². The van der Waals surface area contributed by atoms with Crippen molar-refractivity contribution in [1.29, 1.82) is 0 Å². The molecule has 1 amide bonds. The molecule has 1 heterocycles. The molecule has 1 atom stereocenters. The first-order valence-electron chi connectivity index (χ1n) is 6.87. The van der Waals surface area contributed by atoms with Gasteiger partial charge in [-0.2, -0.15) is 0 Å². The summed E-state index contributed by atoms with van der Waals surface area (Å²) in [5.41, 5.74) is 1.52. The van der Waals surface area contributed by atoms with E-state index < -0.39 is 0 Å². The molecule has 1 aromatic heterocycles. The van der Waals surface area contributed by atoms with Crippen molar-refractivity contribution in [3.63, 3.8) is 0 Å². The minimum Gasteiger partial charge on any atom is -0.396 e. The van der Waals surface area contributed by atoms with E-state index in [1.807, 2.05) is 24.3 Å². The predicted molar refractivity (Wildman–Crippen MR) is 81.7 cm³/mol. The second-order valence-corrected chi connectivity index (χ2v) is 6.26. The molecule has 1 aliphatic carbocycles. The molecule has 4 nitrogen and oxygen atoms in total. The van der Waals surface area contributed by atoms with Crippen LogP contribution in [0, 0.1) is 5.92 Å². The van der Waals surface area contributed by atoms with Gasteiger partial charge in [0.15, 0.2) is 0 Å². The largest absolute Gasteiger partial charge is 0.396 e. The number of amides is 1. The van der Waals surface area contributed by atoms with Crippen LogP contribution in [0.1, 0.15) is 29.8 Å². The molecule has 1 aromatic carbocycles. The van der Waals surface area contributed by atoms with E-state index in [1.165, 1.54) is 0 Å². The molecule has 3 rings (SSSR count). The molecule has 1 aliphatic rings. The van der Waals surface area contributed by atoms with Crippen molar-refractivity contribution in [2.75, 3.05) is 6.61 Å². The van der Waals surface area contributed by atoms with E-state index in [-0.39, 0.29) is 18.6 Å². The van der Waals surface area contributed by atoms with E-state index >= 15 is 0 Å². The maximum Gasteiger partial charge on any atom is 0.267 e. The molecule has 0 bridgehead atoms. The van der Waals surface area contributed by atoms with Crippen LogP contribution in [0.3, 0.4) is 0 Å². The third-order valence-corrected chi connectivity index (χ3v) is 4.27. The number of carbonyl (C=O) groups excluding carboxylic acids is 1. The Hall–Kier alpha value is -1.33. The minimum atomic E-state index is -0.0947. The topological polar surface area (TPSA) is 65.1 Å². The molecule has 0 saturated heterocycles. The number of aliphatic hydroxyl groups excluding tert-OH is 1. The Morgan fingerprint density at radius 3 is 2.95 bits per heavy atom. The van der Waals surface area contributed by atoms with Crippen LogP contribution in [-0.4, -0.2) is 28.6 Å². The Kier molecular flexibility index (Phi) is 3.81. The molecule has 106 valence electrons. The lowest BCUT2D eigenvalue weighted by atomic mass is 10.1. The number of aromatic amines is 1. The number of fused-ring (bicyclic) bond motifs is 1. The summed E-state index contributed by atoms with van der Waals surface area (Å²) in [6, 6.07) is 7.82. The van der Waals surface area contributed by atoms with Crippen LogP contribution in [-0.2, 0) is 0 Å².